The second-order valence-electron chi connectivity index (χ2n) is 21.5. The van der Waals surface area contributed by atoms with E-state index in [2.05, 4.69) is 0 Å². The normalized spacial score (nSPS) is 11.0. The summed E-state index contributed by atoms with van der Waals surface area (Å²) in [5, 5.41) is 38.0. The smallest absolute Gasteiger partial charge is 0.488 e. The van der Waals surface area contributed by atoms with E-state index in [4.69, 9.17) is 43.2 Å². The van der Waals surface area contributed by atoms with E-state index in [1.165, 1.54) is 114 Å². The molecule has 0 aromatic heterocycles. The van der Waals surface area contributed by atoms with E-state index < -0.39 is 36.6 Å². The molecule has 9 rings (SSSR count). The van der Waals surface area contributed by atoms with Gasteiger partial charge in [-0.05, 0) is 210 Å². The Morgan fingerprint density at radius 3 is 1.02 bits per heavy atom. The summed E-state index contributed by atoms with van der Waals surface area (Å²) >= 11 is 0. The Labute approximate surface area is 553 Å². The lowest BCUT2D eigenvalue weighted by molar-refractivity contribution is -0.119. The highest BCUT2D eigenvalue weighted by atomic mass is 32.2. The van der Waals surface area contributed by atoms with Crippen molar-refractivity contribution in [3.05, 3.63) is 215 Å². The number of phenols is 2. The number of benzene rings is 9. The molecule has 0 radical (unpaired) electrons. The minimum Gasteiger partial charge on any atom is -0.507 e. The van der Waals surface area contributed by atoms with Crippen molar-refractivity contribution < 1.29 is 93.1 Å². The summed E-state index contributed by atoms with van der Waals surface area (Å²) in [5.74, 6) is 3.63. The molecule has 0 atom stereocenters. The Kier molecular flexibility index (Phi) is 25.9. The van der Waals surface area contributed by atoms with Crippen LogP contribution in [-0.2, 0) is 43.9 Å². The molecule has 498 valence electrons. The van der Waals surface area contributed by atoms with Crippen LogP contribution in [0.15, 0.2) is 211 Å². The third-order valence-corrected chi connectivity index (χ3v) is 19.1. The summed E-state index contributed by atoms with van der Waals surface area (Å²) in [6.45, 7) is 15.4. The first-order valence-corrected chi connectivity index (χ1v) is 33.5. The predicted octanol–water partition coefficient (Wildman–Crippen LogP) is 11.7. The van der Waals surface area contributed by atoms with Crippen molar-refractivity contribution >= 4 is 59.4 Å². The summed E-state index contributed by atoms with van der Waals surface area (Å²) in [7, 11) is -10.5. The van der Waals surface area contributed by atoms with E-state index in [9.17, 15) is 49.9 Å². The molecule has 9 aromatic carbocycles. The summed E-state index contributed by atoms with van der Waals surface area (Å²) in [6, 6.07) is 47.2. The zero-order valence-electron chi connectivity index (χ0n) is 54.1. The average Bonchev–Trinajstić information content (AvgIpc) is 0.808. The number of carbonyl (C=O) groups is 3. The average molecular weight is 1350 g/mol. The van der Waals surface area contributed by atoms with E-state index in [0.717, 1.165) is 33.4 Å². The quantitative estimate of drug-likeness (QED) is 0.0458. The molecule has 0 amide bonds. The third-order valence-electron chi connectivity index (χ3n) is 13.7. The fourth-order valence-corrected chi connectivity index (χ4v) is 13.4. The summed E-state index contributed by atoms with van der Waals surface area (Å²) in [5.41, 5.74) is 4.69. The molecule has 95 heavy (non-hydrogen) atoms. The Morgan fingerprint density at radius 1 is 0.379 bits per heavy atom. The van der Waals surface area contributed by atoms with Crippen molar-refractivity contribution in [3.8, 4) is 63.2 Å². The van der Waals surface area contributed by atoms with Gasteiger partial charge in [-0.1, -0.05) is 60.7 Å². The molecule has 0 unspecified atom stereocenters. The number of Topliss-reactive ketones (excluding diaryl/α,β-unsaturated/α-hetero) is 3. The molecule has 0 bridgehead atoms. The summed E-state index contributed by atoms with van der Waals surface area (Å²) < 4.78 is 116. The first kappa shape index (κ1) is 74.1. The van der Waals surface area contributed by atoms with Gasteiger partial charge in [-0.15, -0.1) is 0 Å². The Hall–Kier alpha value is -9.98. The Bertz CT molecular complexity index is 4480. The predicted molar refractivity (Wildman–Crippen MR) is 358 cm³/mol. The number of aryl methyl sites for hydroxylation is 6. The minimum absolute atomic E-state index is 0.00172. The van der Waals surface area contributed by atoms with Crippen LogP contribution in [0.5, 0.6) is 63.2 Å². The molecular formula is C71H73BO20S3. The molecule has 0 saturated heterocycles. The van der Waals surface area contributed by atoms with Crippen molar-refractivity contribution in [2.24, 2.45) is 0 Å². The fraction of sp³-hybridized carbons (Fsp3) is 0.197. The van der Waals surface area contributed by atoms with E-state index in [1.807, 2.05) is 27.7 Å². The van der Waals surface area contributed by atoms with Crippen molar-refractivity contribution in [1.82, 2.24) is 0 Å². The van der Waals surface area contributed by atoms with E-state index in [-0.39, 0.29) is 101 Å². The van der Waals surface area contributed by atoms with Gasteiger partial charge in [0.25, 0.3) is 0 Å². The minimum atomic E-state index is -3.91. The van der Waals surface area contributed by atoms with Crippen molar-refractivity contribution in [1.29, 1.82) is 0 Å². The van der Waals surface area contributed by atoms with E-state index in [1.54, 1.807) is 117 Å². The largest absolute Gasteiger partial charge is 0.507 e. The van der Waals surface area contributed by atoms with Gasteiger partial charge in [0.05, 0.1) is 28.9 Å². The number of sulfone groups is 3. The number of phenolic OH excluding ortho intramolecular Hbond substituents is 2. The second kappa shape index (κ2) is 33.2. The van der Waals surface area contributed by atoms with Crippen molar-refractivity contribution in [2.75, 3.05) is 34.0 Å². The van der Waals surface area contributed by atoms with Gasteiger partial charge in [0.15, 0.2) is 17.3 Å². The lowest BCUT2D eigenvalue weighted by Crippen LogP contribution is -2.30. The van der Waals surface area contributed by atoms with Crippen LogP contribution in [0.3, 0.4) is 0 Å². The lowest BCUT2D eigenvalue weighted by Gasteiger charge is -2.16. The van der Waals surface area contributed by atoms with Crippen LogP contribution in [0.4, 0.5) is 0 Å². The van der Waals surface area contributed by atoms with Crippen LogP contribution in [0, 0.1) is 41.5 Å². The molecule has 0 spiro atoms. The standard InChI is InChI=1S/C24H24O6S.C23H22O6S.C13H13BO5S.C11H14O3/c1-16-12-20(29-15-18(3)25)13-17(2)24(16)30-19-10-11-22(28-4)23(14-19)31(26,27)21-8-6-5-7-9-21;1-15-11-19(28-14-17(3)24)12-16(2)23(15)29-18-9-10-21(25)22(13-18)30(26,27)20-7-5-4-6-8-20;1-19-12-8-7-10(14(15)16)9-13(12)20(17,18)11-5-3-2-4-6-11;1-7-4-10(14-6-9(3)12)5-8(2)11(7)13/h5-14H,15H2,1-4H3;4-13,25H,14H2,1-3H3;2-9,15-16H,1H3;4-5,13H,6H2,1-3H3. The van der Waals surface area contributed by atoms with Gasteiger partial charge in [-0.3, -0.25) is 14.4 Å². The van der Waals surface area contributed by atoms with Gasteiger partial charge in [0.2, 0.25) is 29.5 Å². The maximum Gasteiger partial charge on any atom is 0.488 e. The third kappa shape index (κ3) is 20.0. The topological polar surface area (TPSA) is 299 Å². The highest BCUT2D eigenvalue weighted by molar-refractivity contribution is 7.92. The number of hydrogen-bond acceptors (Lipinski definition) is 20. The van der Waals surface area contributed by atoms with Crippen LogP contribution in [-0.4, -0.2) is 104 Å². The highest BCUT2D eigenvalue weighted by Crippen LogP contribution is 2.40. The van der Waals surface area contributed by atoms with Crippen molar-refractivity contribution in [2.45, 2.75) is 91.7 Å². The van der Waals surface area contributed by atoms with E-state index >= 15 is 0 Å². The van der Waals surface area contributed by atoms with Gasteiger partial charge in [-0.25, -0.2) is 25.3 Å². The van der Waals surface area contributed by atoms with E-state index in [0.29, 0.717) is 34.5 Å². The number of hydrogen-bond donors (Lipinski definition) is 4. The molecule has 0 heterocycles. The number of ether oxygens (including phenoxy) is 7. The molecule has 0 aliphatic heterocycles. The van der Waals surface area contributed by atoms with Crippen LogP contribution in [0.25, 0.3) is 0 Å². The molecule has 9 aromatic rings. The van der Waals surface area contributed by atoms with Gasteiger partial charge in [-0.2, -0.15) is 0 Å². The maximum absolute atomic E-state index is 13.1. The first-order chi connectivity index (χ1) is 44.9. The molecule has 4 N–H and O–H groups in total. The molecule has 0 aliphatic carbocycles. The Balaban J connectivity index is 0.000000209. The lowest BCUT2D eigenvalue weighted by atomic mass is 9.80. The van der Waals surface area contributed by atoms with Gasteiger partial charge >= 0.3 is 7.12 Å². The monoisotopic (exact) mass is 1350 g/mol. The maximum atomic E-state index is 13.1. The Morgan fingerprint density at radius 2 is 0.684 bits per heavy atom. The van der Waals surface area contributed by atoms with Gasteiger partial charge in [0, 0.05) is 12.1 Å². The summed E-state index contributed by atoms with van der Waals surface area (Å²) in [4.78, 5) is 33.0. The molecule has 0 aliphatic rings. The van der Waals surface area contributed by atoms with Crippen LogP contribution >= 0.6 is 0 Å². The zero-order chi connectivity index (χ0) is 70.0. The molecule has 24 heteroatoms. The van der Waals surface area contributed by atoms with Gasteiger partial charge < -0.3 is 53.4 Å². The number of aromatic hydroxyl groups is 2. The number of rotatable bonds is 22. The molecular weight excluding hydrogens is 1280 g/mol. The van der Waals surface area contributed by atoms with Crippen molar-refractivity contribution in [3.63, 3.8) is 0 Å². The fourth-order valence-electron chi connectivity index (χ4n) is 9.05. The van der Waals surface area contributed by atoms with Crippen LogP contribution in [0.2, 0.25) is 0 Å². The number of methoxy groups -OCH3 is 2. The molecule has 20 nitrogen and oxygen atoms in total. The molecule has 0 saturated carbocycles. The SMILES string of the molecule is CC(=O)COc1cc(C)c(O)c(C)c1.CC(=O)COc1cc(C)c(Oc2ccc(O)c(S(=O)(=O)c3ccccc3)c2)c(C)c1.COc1ccc(B(O)O)cc1S(=O)(=O)c1ccccc1.COc1ccc(Oc2c(C)cc(OCC(C)=O)cc2C)cc1S(=O)(=O)c1ccccc1. The van der Waals surface area contributed by atoms with Gasteiger partial charge in [0.1, 0.15) is 97.8 Å². The second-order valence-corrected chi connectivity index (χ2v) is 27.3. The highest BCUT2D eigenvalue weighted by Gasteiger charge is 2.27. The number of ketones is 3. The van der Waals surface area contributed by atoms with Crippen LogP contribution < -0.4 is 38.6 Å². The first-order valence-electron chi connectivity index (χ1n) is 29.1. The number of carbonyl (C=O) groups excluding carboxylic acids is 3. The van der Waals surface area contributed by atoms with Crippen LogP contribution in [0.1, 0.15) is 54.2 Å². The zero-order valence-corrected chi connectivity index (χ0v) is 56.5. The summed E-state index contributed by atoms with van der Waals surface area (Å²) in [6.07, 6.45) is 0. The molecule has 0 fully saturated rings.